The molecule has 0 saturated carbocycles. The largest absolute Gasteiger partial charge is 0.465 e. The second-order valence-electron chi connectivity index (χ2n) is 6.31. The van der Waals surface area contributed by atoms with Crippen LogP contribution in [0, 0.1) is 11.8 Å². The van der Waals surface area contributed by atoms with Gasteiger partial charge in [0, 0.05) is 12.8 Å². The quantitative estimate of drug-likeness (QED) is 0.371. The van der Waals surface area contributed by atoms with Crippen LogP contribution in [0.1, 0.15) is 79.1 Å². The van der Waals surface area contributed by atoms with Gasteiger partial charge in [-0.3, -0.25) is 9.59 Å². The summed E-state index contributed by atoms with van der Waals surface area (Å²) < 4.78 is 10.4. The maximum atomic E-state index is 11.5. The molecule has 0 aliphatic rings. The van der Waals surface area contributed by atoms with Gasteiger partial charge in [-0.2, -0.15) is 0 Å². The Labute approximate surface area is 135 Å². The van der Waals surface area contributed by atoms with Crippen molar-refractivity contribution in [3.8, 4) is 0 Å². The van der Waals surface area contributed by atoms with E-state index in [0.717, 1.165) is 38.5 Å². The Balaban J connectivity index is 3.42. The van der Waals surface area contributed by atoms with Crippen molar-refractivity contribution >= 4 is 11.9 Å². The molecule has 0 fully saturated rings. The van der Waals surface area contributed by atoms with Gasteiger partial charge in [-0.25, -0.2) is 0 Å². The van der Waals surface area contributed by atoms with Crippen molar-refractivity contribution < 1.29 is 19.1 Å². The summed E-state index contributed by atoms with van der Waals surface area (Å²) in [4.78, 5) is 23.0. The van der Waals surface area contributed by atoms with Gasteiger partial charge in [0.1, 0.15) is 0 Å². The van der Waals surface area contributed by atoms with Crippen molar-refractivity contribution in [1.82, 2.24) is 0 Å². The lowest BCUT2D eigenvalue weighted by molar-refractivity contribution is -0.146. The fraction of sp³-hybridized carbons (Fsp3) is 0.889. The summed E-state index contributed by atoms with van der Waals surface area (Å²) in [6.07, 6.45) is 6.60. The number of hydrogen-bond donors (Lipinski definition) is 0. The third-order valence-electron chi connectivity index (χ3n) is 3.96. The summed E-state index contributed by atoms with van der Waals surface area (Å²) in [5.74, 6) is 0.664. The minimum absolute atomic E-state index is 0.103. The van der Waals surface area contributed by atoms with Crippen LogP contribution in [0.15, 0.2) is 0 Å². The Morgan fingerprint density at radius 2 is 1.09 bits per heavy atom. The number of esters is 2. The van der Waals surface area contributed by atoms with Crippen molar-refractivity contribution in [3.63, 3.8) is 0 Å². The average molecular weight is 314 g/mol. The van der Waals surface area contributed by atoms with Crippen LogP contribution in [-0.2, 0) is 19.1 Å². The van der Waals surface area contributed by atoms with Crippen LogP contribution in [0.4, 0.5) is 0 Å². The Hall–Kier alpha value is -1.06. The summed E-state index contributed by atoms with van der Waals surface area (Å²) in [6, 6.07) is 0. The minimum atomic E-state index is -0.103. The van der Waals surface area contributed by atoms with Gasteiger partial charge < -0.3 is 9.47 Å². The third-order valence-corrected chi connectivity index (χ3v) is 3.96. The lowest BCUT2D eigenvalue weighted by Crippen LogP contribution is -2.11. The highest BCUT2D eigenvalue weighted by Crippen LogP contribution is 2.09. The van der Waals surface area contributed by atoms with Crippen LogP contribution in [0.2, 0.25) is 0 Å². The van der Waals surface area contributed by atoms with Gasteiger partial charge in [-0.1, -0.05) is 53.4 Å². The molecular weight excluding hydrogens is 280 g/mol. The van der Waals surface area contributed by atoms with E-state index in [1.54, 1.807) is 0 Å². The lowest BCUT2D eigenvalue weighted by atomic mass is 10.1. The molecule has 0 aromatic rings. The topological polar surface area (TPSA) is 52.6 Å². The number of carbonyl (C=O) groups excluding carboxylic acids is 2. The van der Waals surface area contributed by atoms with Crippen LogP contribution < -0.4 is 0 Å². The minimum Gasteiger partial charge on any atom is -0.465 e. The smallest absolute Gasteiger partial charge is 0.305 e. The Bertz CT molecular complexity index is 271. The van der Waals surface area contributed by atoms with Crippen LogP contribution in [-0.4, -0.2) is 25.2 Å². The first-order valence-corrected chi connectivity index (χ1v) is 8.80. The molecular formula is C18H34O4. The zero-order valence-corrected chi connectivity index (χ0v) is 14.9. The van der Waals surface area contributed by atoms with E-state index in [1.807, 2.05) is 0 Å². The number of unbranched alkanes of at least 4 members (excludes halogenated alkanes) is 3. The summed E-state index contributed by atoms with van der Waals surface area (Å²) in [5.41, 5.74) is 0. The summed E-state index contributed by atoms with van der Waals surface area (Å²) in [7, 11) is 0. The van der Waals surface area contributed by atoms with Crippen LogP contribution in [0.3, 0.4) is 0 Å². The van der Waals surface area contributed by atoms with Crippen LogP contribution in [0.5, 0.6) is 0 Å². The Kier molecular flexibility index (Phi) is 12.9. The molecule has 0 rings (SSSR count). The molecule has 2 unspecified atom stereocenters. The maximum absolute atomic E-state index is 11.5. The highest BCUT2D eigenvalue weighted by Gasteiger charge is 2.07. The normalized spacial score (nSPS) is 13.5. The molecule has 0 heterocycles. The van der Waals surface area contributed by atoms with Gasteiger partial charge in [0.25, 0.3) is 0 Å². The van der Waals surface area contributed by atoms with Crippen molar-refractivity contribution in [2.24, 2.45) is 11.8 Å². The zero-order valence-electron chi connectivity index (χ0n) is 14.9. The monoisotopic (exact) mass is 314 g/mol. The van der Waals surface area contributed by atoms with E-state index in [1.165, 1.54) is 0 Å². The first-order valence-electron chi connectivity index (χ1n) is 8.80. The zero-order chi connectivity index (χ0) is 16.8. The average Bonchev–Trinajstić information content (AvgIpc) is 2.53. The maximum Gasteiger partial charge on any atom is 0.305 e. The van der Waals surface area contributed by atoms with Gasteiger partial charge in [0.2, 0.25) is 0 Å². The summed E-state index contributed by atoms with van der Waals surface area (Å²) in [6.45, 7) is 9.38. The predicted octanol–water partition coefficient (Wildman–Crippen LogP) is 4.51. The molecule has 0 bridgehead atoms. The van der Waals surface area contributed by atoms with Gasteiger partial charge in [0.15, 0.2) is 0 Å². The standard InChI is InChI=1S/C18H34O4/c1-5-15(3)13-21-17(19)11-9-7-8-10-12-18(20)22-14-16(4)6-2/h15-16H,5-14H2,1-4H3. The van der Waals surface area contributed by atoms with E-state index in [-0.39, 0.29) is 11.9 Å². The second kappa shape index (κ2) is 13.6. The van der Waals surface area contributed by atoms with Gasteiger partial charge in [-0.15, -0.1) is 0 Å². The Morgan fingerprint density at radius 3 is 1.41 bits per heavy atom. The number of ether oxygens (including phenoxy) is 2. The van der Waals surface area contributed by atoms with Crippen molar-refractivity contribution in [3.05, 3.63) is 0 Å². The first-order chi connectivity index (χ1) is 10.5. The second-order valence-corrected chi connectivity index (χ2v) is 6.31. The summed E-state index contributed by atoms with van der Waals surface area (Å²) >= 11 is 0. The molecule has 0 N–H and O–H groups in total. The third kappa shape index (κ3) is 12.7. The Morgan fingerprint density at radius 1 is 0.727 bits per heavy atom. The van der Waals surface area contributed by atoms with Crippen molar-refractivity contribution in [2.75, 3.05) is 13.2 Å². The highest BCUT2D eigenvalue weighted by molar-refractivity contribution is 5.69. The van der Waals surface area contributed by atoms with Gasteiger partial charge >= 0.3 is 11.9 Å². The van der Waals surface area contributed by atoms with Crippen molar-refractivity contribution in [1.29, 1.82) is 0 Å². The van der Waals surface area contributed by atoms with Crippen molar-refractivity contribution in [2.45, 2.75) is 79.1 Å². The number of carbonyl (C=O) groups is 2. The SMILES string of the molecule is CCC(C)COC(=O)CCCCCCC(=O)OCC(C)CC. The van der Waals surface area contributed by atoms with E-state index in [0.29, 0.717) is 37.9 Å². The molecule has 0 aromatic heterocycles. The van der Waals surface area contributed by atoms with E-state index >= 15 is 0 Å². The molecule has 0 spiro atoms. The molecule has 0 aliphatic carbocycles. The number of rotatable bonds is 13. The summed E-state index contributed by atoms with van der Waals surface area (Å²) in [5, 5.41) is 0. The number of hydrogen-bond acceptors (Lipinski definition) is 4. The molecule has 130 valence electrons. The molecule has 0 amide bonds. The van der Waals surface area contributed by atoms with E-state index in [9.17, 15) is 9.59 Å². The molecule has 4 heteroatoms. The molecule has 0 radical (unpaired) electrons. The van der Waals surface area contributed by atoms with E-state index in [4.69, 9.17) is 9.47 Å². The molecule has 0 saturated heterocycles. The van der Waals surface area contributed by atoms with E-state index < -0.39 is 0 Å². The molecule has 22 heavy (non-hydrogen) atoms. The predicted molar refractivity (Wildman–Crippen MR) is 88.5 cm³/mol. The molecule has 0 aliphatic heterocycles. The highest BCUT2D eigenvalue weighted by atomic mass is 16.5. The van der Waals surface area contributed by atoms with Gasteiger partial charge in [-0.05, 0) is 24.7 Å². The van der Waals surface area contributed by atoms with Crippen LogP contribution in [0.25, 0.3) is 0 Å². The van der Waals surface area contributed by atoms with Gasteiger partial charge in [0.05, 0.1) is 13.2 Å². The molecule has 4 nitrogen and oxygen atoms in total. The molecule has 2 atom stereocenters. The molecule has 0 aromatic carbocycles. The lowest BCUT2D eigenvalue weighted by Gasteiger charge is -2.10. The fourth-order valence-corrected chi connectivity index (χ4v) is 1.74. The van der Waals surface area contributed by atoms with E-state index in [2.05, 4.69) is 27.7 Å². The fourth-order valence-electron chi connectivity index (χ4n) is 1.74. The van der Waals surface area contributed by atoms with Crippen LogP contribution >= 0.6 is 0 Å². The first kappa shape index (κ1) is 20.9.